The number of carbonyl (C=O) groups is 1. The van der Waals surface area contributed by atoms with Crippen molar-refractivity contribution in [3.05, 3.63) is 78.2 Å². The average molecular weight is 391 g/mol. The number of hydrogen-bond acceptors (Lipinski definition) is 5. The molecule has 2 aliphatic rings. The van der Waals surface area contributed by atoms with Gasteiger partial charge >= 0.3 is 0 Å². The highest BCUT2D eigenvalue weighted by Gasteiger charge is 2.53. The Hall–Kier alpha value is -3.12. The fourth-order valence-electron chi connectivity index (χ4n) is 3.76. The van der Waals surface area contributed by atoms with Gasteiger partial charge in [0.1, 0.15) is 11.9 Å². The van der Waals surface area contributed by atoms with Crippen molar-refractivity contribution in [2.24, 2.45) is 10.7 Å². The number of hydrogen-bond donors (Lipinski definition) is 1. The average Bonchev–Trinajstić information content (AvgIpc) is 3.31. The standard InChI is InChI=1S/C22H21N3O2S/c1-4-7-14(5-2)18-13-22(20(26)25(3)21(23)24-22)16-12-15(9-10-17(16)27-18)19-8-6-11-28-19/h4-12,18H,1-2,13H2,3H3,(H2,23,24)/b14-7+. The molecule has 2 aliphatic heterocycles. The molecule has 142 valence electrons. The van der Waals surface area contributed by atoms with E-state index in [0.717, 1.165) is 21.6 Å². The highest BCUT2D eigenvalue weighted by Crippen LogP contribution is 2.48. The lowest BCUT2D eigenvalue weighted by Crippen LogP contribution is -2.46. The number of rotatable bonds is 4. The molecular formula is C22H21N3O2S. The molecule has 2 N–H and O–H groups in total. The van der Waals surface area contributed by atoms with Crippen molar-refractivity contribution in [3.63, 3.8) is 0 Å². The summed E-state index contributed by atoms with van der Waals surface area (Å²) in [6.45, 7) is 7.63. The lowest BCUT2D eigenvalue weighted by atomic mass is 9.79. The Balaban J connectivity index is 1.90. The van der Waals surface area contributed by atoms with E-state index in [0.29, 0.717) is 12.2 Å². The van der Waals surface area contributed by atoms with E-state index < -0.39 is 5.54 Å². The van der Waals surface area contributed by atoms with Crippen LogP contribution in [0.15, 0.2) is 77.7 Å². The van der Waals surface area contributed by atoms with Gasteiger partial charge in [0, 0.05) is 23.9 Å². The predicted octanol–water partition coefficient (Wildman–Crippen LogP) is 3.85. The molecule has 1 amide bonds. The molecule has 1 aromatic heterocycles. The van der Waals surface area contributed by atoms with Crippen LogP contribution in [-0.2, 0) is 10.3 Å². The number of guanidine groups is 1. The first-order chi connectivity index (χ1) is 13.5. The molecule has 6 heteroatoms. The molecule has 0 fully saturated rings. The third-order valence-electron chi connectivity index (χ3n) is 5.21. The molecule has 2 unspecified atom stereocenters. The molecule has 0 saturated heterocycles. The number of allylic oxidation sites excluding steroid dienone is 2. The van der Waals surface area contributed by atoms with Gasteiger partial charge in [0.2, 0.25) is 0 Å². The van der Waals surface area contributed by atoms with Crippen molar-refractivity contribution < 1.29 is 9.53 Å². The van der Waals surface area contributed by atoms with Crippen molar-refractivity contribution in [3.8, 4) is 16.2 Å². The number of ether oxygens (including phenoxy) is 1. The Morgan fingerprint density at radius 2 is 2.25 bits per heavy atom. The molecule has 28 heavy (non-hydrogen) atoms. The van der Waals surface area contributed by atoms with Crippen LogP contribution in [0.25, 0.3) is 10.4 Å². The number of nitrogens with zero attached hydrogens (tertiary/aromatic N) is 2. The zero-order valence-electron chi connectivity index (χ0n) is 15.6. The number of benzene rings is 1. The van der Waals surface area contributed by atoms with Crippen molar-refractivity contribution >= 4 is 23.2 Å². The van der Waals surface area contributed by atoms with Crippen molar-refractivity contribution in [2.45, 2.75) is 18.1 Å². The van der Waals surface area contributed by atoms with Gasteiger partial charge in [-0.05, 0) is 40.8 Å². The maximum atomic E-state index is 13.3. The van der Waals surface area contributed by atoms with E-state index >= 15 is 0 Å². The SMILES string of the molecule is C=C/C=C(\C=C)C1CC2(N=C(N)N(C)C2=O)c2cc(-c3cccs3)ccc2O1. The topological polar surface area (TPSA) is 67.9 Å². The Bertz CT molecular complexity index is 1020. The van der Waals surface area contributed by atoms with Gasteiger partial charge in [-0.15, -0.1) is 11.3 Å². The third kappa shape index (κ3) is 2.68. The van der Waals surface area contributed by atoms with Crippen LogP contribution in [-0.4, -0.2) is 29.9 Å². The Kier molecular flexibility index (Phi) is 4.43. The monoisotopic (exact) mass is 391 g/mol. The van der Waals surface area contributed by atoms with Gasteiger partial charge in [-0.2, -0.15) is 0 Å². The first-order valence-electron chi connectivity index (χ1n) is 8.94. The summed E-state index contributed by atoms with van der Waals surface area (Å²) in [5.41, 5.74) is 7.55. The van der Waals surface area contributed by atoms with Gasteiger partial charge in [-0.25, -0.2) is 4.99 Å². The minimum absolute atomic E-state index is 0.148. The predicted molar refractivity (Wildman–Crippen MR) is 113 cm³/mol. The summed E-state index contributed by atoms with van der Waals surface area (Å²) in [6, 6.07) is 9.96. The molecule has 0 bridgehead atoms. The first kappa shape index (κ1) is 18.3. The lowest BCUT2D eigenvalue weighted by molar-refractivity contribution is -0.132. The third-order valence-corrected chi connectivity index (χ3v) is 6.13. The molecule has 1 spiro atoms. The number of likely N-dealkylation sites (N-methyl/N-ethyl adjacent to an activating group) is 1. The number of aliphatic imine (C=N–C) groups is 1. The number of thiophene rings is 1. The number of carbonyl (C=O) groups excluding carboxylic acids is 1. The summed E-state index contributed by atoms with van der Waals surface area (Å²) < 4.78 is 6.25. The quantitative estimate of drug-likeness (QED) is 0.805. The Morgan fingerprint density at radius 1 is 1.43 bits per heavy atom. The number of fused-ring (bicyclic) bond motifs is 2. The molecule has 3 heterocycles. The van der Waals surface area contributed by atoms with Gasteiger partial charge in [0.05, 0.1) is 0 Å². The van der Waals surface area contributed by atoms with E-state index in [1.54, 1.807) is 30.5 Å². The highest BCUT2D eigenvalue weighted by atomic mass is 32.1. The zero-order valence-corrected chi connectivity index (χ0v) is 16.4. The van der Waals surface area contributed by atoms with Crippen LogP contribution >= 0.6 is 11.3 Å². The molecule has 1 aromatic carbocycles. The summed E-state index contributed by atoms with van der Waals surface area (Å²) in [5, 5.41) is 2.03. The molecule has 5 nitrogen and oxygen atoms in total. The van der Waals surface area contributed by atoms with Crippen LogP contribution in [0.4, 0.5) is 0 Å². The molecule has 0 radical (unpaired) electrons. The Labute approximate surface area is 168 Å². The van der Waals surface area contributed by atoms with Crippen molar-refractivity contribution in [1.82, 2.24) is 4.90 Å². The number of amides is 1. The molecule has 2 aromatic rings. The minimum Gasteiger partial charge on any atom is -0.485 e. The largest absolute Gasteiger partial charge is 0.485 e. The summed E-state index contributed by atoms with van der Waals surface area (Å²) in [7, 11) is 1.65. The highest BCUT2D eigenvalue weighted by molar-refractivity contribution is 7.13. The van der Waals surface area contributed by atoms with E-state index in [9.17, 15) is 4.79 Å². The lowest BCUT2D eigenvalue weighted by Gasteiger charge is -2.37. The van der Waals surface area contributed by atoms with E-state index in [4.69, 9.17) is 10.5 Å². The summed E-state index contributed by atoms with van der Waals surface area (Å²) in [4.78, 5) is 20.5. The van der Waals surface area contributed by atoms with Gasteiger partial charge in [-0.3, -0.25) is 9.69 Å². The fourth-order valence-corrected chi connectivity index (χ4v) is 4.49. The number of nitrogens with two attached hydrogens (primary N) is 1. The molecule has 2 atom stereocenters. The van der Waals surface area contributed by atoms with Gasteiger partial charge in [0.25, 0.3) is 5.91 Å². The maximum absolute atomic E-state index is 13.3. The van der Waals surface area contributed by atoms with Gasteiger partial charge in [0.15, 0.2) is 11.5 Å². The van der Waals surface area contributed by atoms with Crippen LogP contribution in [0.5, 0.6) is 5.75 Å². The first-order valence-corrected chi connectivity index (χ1v) is 9.81. The van der Waals surface area contributed by atoms with E-state index in [2.05, 4.69) is 24.2 Å². The maximum Gasteiger partial charge on any atom is 0.261 e. The summed E-state index contributed by atoms with van der Waals surface area (Å²) in [5.74, 6) is 0.699. The molecule has 4 rings (SSSR count). The molecular weight excluding hydrogens is 370 g/mol. The Morgan fingerprint density at radius 3 is 2.86 bits per heavy atom. The summed E-state index contributed by atoms with van der Waals surface area (Å²) in [6.07, 6.45) is 5.22. The minimum atomic E-state index is -1.10. The normalized spacial score (nSPS) is 24.0. The van der Waals surface area contributed by atoms with E-state index in [1.807, 2.05) is 35.7 Å². The second-order valence-electron chi connectivity index (χ2n) is 6.80. The van der Waals surface area contributed by atoms with Gasteiger partial charge < -0.3 is 10.5 Å². The smallest absolute Gasteiger partial charge is 0.261 e. The van der Waals surface area contributed by atoms with E-state index in [-0.39, 0.29) is 18.0 Å². The second kappa shape index (κ2) is 6.80. The molecule has 0 saturated carbocycles. The van der Waals surface area contributed by atoms with Crippen LogP contribution in [0, 0.1) is 0 Å². The van der Waals surface area contributed by atoms with Gasteiger partial charge in [-0.1, -0.05) is 37.5 Å². The van der Waals surface area contributed by atoms with Crippen molar-refractivity contribution in [2.75, 3.05) is 7.05 Å². The van der Waals surface area contributed by atoms with Crippen LogP contribution in [0.1, 0.15) is 12.0 Å². The van der Waals surface area contributed by atoms with Crippen LogP contribution < -0.4 is 10.5 Å². The van der Waals surface area contributed by atoms with Crippen LogP contribution in [0.2, 0.25) is 0 Å². The van der Waals surface area contributed by atoms with Crippen molar-refractivity contribution in [1.29, 1.82) is 0 Å². The summed E-state index contributed by atoms with van der Waals surface area (Å²) >= 11 is 1.65. The second-order valence-corrected chi connectivity index (χ2v) is 7.75. The zero-order chi connectivity index (χ0) is 19.9. The van der Waals surface area contributed by atoms with Crippen LogP contribution in [0.3, 0.4) is 0 Å². The van der Waals surface area contributed by atoms with E-state index in [1.165, 1.54) is 4.90 Å². The fraction of sp³-hybridized carbons (Fsp3) is 0.182. The molecule has 0 aliphatic carbocycles.